The zero-order chi connectivity index (χ0) is 5.98. The van der Waals surface area contributed by atoms with Gasteiger partial charge in [0.2, 0.25) is 6.35 Å². The molecule has 1 aliphatic rings. The van der Waals surface area contributed by atoms with Crippen LogP contribution >= 0.6 is 0 Å². The van der Waals surface area contributed by atoms with Crippen molar-refractivity contribution in [2.45, 2.75) is 6.35 Å². The highest BCUT2D eigenvalue weighted by Crippen LogP contribution is 2.00. The molecule has 0 aromatic carbocycles. The predicted octanol–water partition coefficient (Wildman–Crippen LogP) is -0.0674. The second-order valence-corrected chi connectivity index (χ2v) is 1.95. The minimum Gasteiger partial charge on any atom is -0.338 e. The van der Waals surface area contributed by atoms with E-state index in [1.165, 1.54) is 0 Å². The van der Waals surface area contributed by atoms with Gasteiger partial charge in [-0.25, -0.2) is 4.99 Å². The Bertz CT molecular complexity index is 101. The molecule has 0 spiro atoms. The fourth-order valence-corrected chi connectivity index (χ4v) is 0.588. The van der Waals surface area contributed by atoms with Gasteiger partial charge in [-0.05, 0) is 14.1 Å². The van der Waals surface area contributed by atoms with Crippen LogP contribution in [-0.4, -0.2) is 38.2 Å². The van der Waals surface area contributed by atoms with Gasteiger partial charge in [-0.2, -0.15) is 0 Å². The van der Waals surface area contributed by atoms with Crippen LogP contribution in [0.25, 0.3) is 0 Å². The summed E-state index contributed by atoms with van der Waals surface area (Å²) in [5, 5.41) is 0. The molecular formula is C5H10N2O. The van der Waals surface area contributed by atoms with Crippen molar-refractivity contribution in [3.05, 3.63) is 0 Å². The minimum absolute atomic E-state index is 0.0324. The maximum Gasteiger partial charge on any atom is 0.206 e. The van der Waals surface area contributed by atoms with Gasteiger partial charge < -0.3 is 4.74 Å². The maximum atomic E-state index is 5.12. The van der Waals surface area contributed by atoms with Gasteiger partial charge in [0.25, 0.3) is 0 Å². The molecular weight excluding hydrogens is 104 g/mol. The van der Waals surface area contributed by atoms with Gasteiger partial charge >= 0.3 is 0 Å². The van der Waals surface area contributed by atoms with Crippen LogP contribution in [0.2, 0.25) is 0 Å². The average molecular weight is 114 g/mol. The lowest BCUT2D eigenvalue weighted by atomic mass is 10.8. The van der Waals surface area contributed by atoms with Gasteiger partial charge in [0.05, 0.1) is 6.61 Å². The molecule has 1 aliphatic heterocycles. The van der Waals surface area contributed by atoms with Crippen LogP contribution in [0, 0.1) is 0 Å². The third-order valence-electron chi connectivity index (χ3n) is 0.995. The first-order valence-corrected chi connectivity index (χ1v) is 2.60. The Hall–Kier alpha value is -0.410. The molecule has 0 aliphatic carbocycles. The summed E-state index contributed by atoms with van der Waals surface area (Å²) in [5.41, 5.74) is 0. The lowest BCUT2D eigenvalue weighted by molar-refractivity contribution is 0.00629. The zero-order valence-corrected chi connectivity index (χ0v) is 5.16. The molecule has 1 atom stereocenters. The summed E-state index contributed by atoms with van der Waals surface area (Å²) < 4.78 is 5.12. The molecule has 0 bridgehead atoms. The Labute approximate surface area is 49.0 Å². The van der Waals surface area contributed by atoms with Crippen LogP contribution in [0.1, 0.15) is 0 Å². The summed E-state index contributed by atoms with van der Waals surface area (Å²) in [7, 11) is 3.88. The van der Waals surface area contributed by atoms with Crippen LogP contribution in [0.5, 0.6) is 0 Å². The van der Waals surface area contributed by atoms with Gasteiger partial charge in [0.1, 0.15) is 0 Å². The number of aliphatic imine (C=N–C) groups is 1. The highest BCUT2D eigenvalue weighted by atomic mass is 16.5. The van der Waals surface area contributed by atoms with Crippen molar-refractivity contribution in [1.82, 2.24) is 4.90 Å². The molecule has 0 saturated carbocycles. The molecule has 1 unspecified atom stereocenters. The molecule has 0 saturated heterocycles. The van der Waals surface area contributed by atoms with E-state index < -0.39 is 0 Å². The monoisotopic (exact) mass is 114 g/mol. The molecule has 1 rings (SSSR count). The number of hydrogen-bond donors (Lipinski definition) is 0. The van der Waals surface area contributed by atoms with Gasteiger partial charge in [0, 0.05) is 6.21 Å². The standard InChI is InChI=1S/C5H10N2O/c1-7(2)5-6-3-4-8-5/h3,5H,4H2,1-2H3. The van der Waals surface area contributed by atoms with E-state index in [0.29, 0.717) is 6.61 Å². The van der Waals surface area contributed by atoms with Crippen molar-refractivity contribution in [3.63, 3.8) is 0 Å². The average Bonchev–Trinajstić information content (AvgIpc) is 2.12. The van der Waals surface area contributed by atoms with Crippen LogP contribution in [0.4, 0.5) is 0 Å². The molecule has 0 amide bonds. The van der Waals surface area contributed by atoms with Crippen molar-refractivity contribution in [3.8, 4) is 0 Å². The zero-order valence-electron chi connectivity index (χ0n) is 5.16. The summed E-state index contributed by atoms with van der Waals surface area (Å²) in [6, 6.07) is 0. The number of ether oxygens (including phenoxy) is 1. The summed E-state index contributed by atoms with van der Waals surface area (Å²) in [6.45, 7) is 0.656. The first-order chi connectivity index (χ1) is 3.80. The molecule has 0 fully saturated rings. The maximum absolute atomic E-state index is 5.12. The first kappa shape index (κ1) is 5.72. The van der Waals surface area contributed by atoms with Crippen LogP contribution in [0.3, 0.4) is 0 Å². The Morgan fingerprint density at radius 1 is 1.75 bits per heavy atom. The van der Waals surface area contributed by atoms with Gasteiger partial charge in [-0.15, -0.1) is 0 Å². The van der Waals surface area contributed by atoms with E-state index in [-0.39, 0.29) is 6.35 Å². The van der Waals surface area contributed by atoms with E-state index in [2.05, 4.69) is 4.99 Å². The van der Waals surface area contributed by atoms with E-state index in [1.54, 1.807) is 6.21 Å². The molecule has 3 heteroatoms. The Morgan fingerprint density at radius 2 is 2.50 bits per heavy atom. The number of hydrogen-bond acceptors (Lipinski definition) is 3. The summed E-state index contributed by atoms with van der Waals surface area (Å²) >= 11 is 0. The molecule has 8 heavy (non-hydrogen) atoms. The fraction of sp³-hybridized carbons (Fsp3) is 0.800. The quantitative estimate of drug-likeness (QED) is 0.477. The Morgan fingerprint density at radius 3 is 2.75 bits per heavy atom. The van der Waals surface area contributed by atoms with Crippen molar-refractivity contribution in [2.24, 2.45) is 4.99 Å². The molecule has 0 N–H and O–H groups in total. The molecule has 0 aromatic rings. The molecule has 0 aromatic heterocycles. The predicted molar refractivity (Wildman–Crippen MR) is 31.9 cm³/mol. The Balaban J connectivity index is 2.36. The smallest absolute Gasteiger partial charge is 0.206 e. The van der Waals surface area contributed by atoms with Gasteiger partial charge in [-0.1, -0.05) is 0 Å². The summed E-state index contributed by atoms with van der Waals surface area (Å²) in [5.74, 6) is 0. The second kappa shape index (κ2) is 2.24. The lowest BCUT2D eigenvalue weighted by Crippen LogP contribution is -2.25. The highest BCUT2D eigenvalue weighted by molar-refractivity contribution is 5.60. The van der Waals surface area contributed by atoms with E-state index >= 15 is 0 Å². The van der Waals surface area contributed by atoms with E-state index in [4.69, 9.17) is 4.74 Å². The number of rotatable bonds is 1. The molecule has 1 heterocycles. The third-order valence-corrected chi connectivity index (χ3v) is 0.995. The van der Waals surface area contributed by atoms with Gasteiger partial charge in [-0.3, -0.25) is 4.90 Å². The topological polar surface area (TPSA) is 24.8 Å². The lowest BCUT2D eigenvalue weighted by Gasteiger charge is -2.14. The van der Waals surface area contributed by atoms with Crippen LogP contribution in [-0.2, 0) is 4.74 Å². The van der Waals surface area contributed by atoms with E-state index in [9.17, 15) is 0 Å². The van der Waals surface area contributed by atoms with Gasteiger partial charge in [0.15, 0.2) is 0 Å². The molecule has 3 nitrogen and oxygen atoms in total. The largest absolute Gasteiger partial charge is 0.338 e. The summed E-state index contributed by atoms with van der Waals surface area (Å²) in [6.07, 6.45) is 1.75. The second-order valence-electron chi connectivity index (χ2n) is 1.95. The molecule has 46 valence electrons. The van der Waals surface area contributed by atoms with Crippen molar-refractivity contribution < 1.29 is 4.74 Å². The molecule has 0 radical (unpaired) electrons. The summed E-state index contributed by atoms with van der Waals surface area (Å²) in [4.78, 5) is 5.93. The fourth-order valence-electron chi connectivity index (χ4n) is 0.588. The highest BCUT2D eigenvalue weighted by Gasteiger charge is 2.11. The van der Waals surface area contributed by atoms with Crippen LogP contribution < -0.4 is 0 Å². The van der Waals surface area contributed by atoms with Crippen molar-refractivity contribution in [1.29, 1.82) is 0 Å². The van der Waals surface area contributed by atoms with E-state index in [0.717, 1.165) is 0 Å². The first-order valence-electron chi connectivity index (χ1n) is 2.60. The normalized spacial score (nSPS) is 27.6. The third kappa shape index (κ3) is 1.05. The van der Waals surface area contributed by atoms with Crippen LogP contribution in [0.15, 0.2) is 4.99 Å². The Kier molecular flexibility index (Phi) is 1.60. The van der Waals surface area contributed by atoms with Crippen molar-refractivity contribution in [2.75, 3.05) is 20.7 Å². The van der Waals surface area contributed by atoms with E-state index in [1.807, 2.05) is 19.0 Å². The SMILES string of the molecule is CN(C)C1N=CCO1. The minimum atomic E-state index is -0.0324. The van der Waals surface area contributed by atoms with Crippen molar-refractivity contribution >= 4 is 6.21 Å². The number of nitrogens with zero attached hydrogens (tertiary/aromatic N) is 2.